The molecule has 0 spiro atoms. The summed E-state index contributed by atoms with van der Waals surface area (Å²) in [6.45, 7) is 0.755. The minimum Gasteiger partial charge on any atom is -0.395 e. The van der Waals surface area contributed by atoms with Crippen LogP contribution in [0.15, 0.2) is 103 Å². The number of anilines is 1. The van der Waals surface area contributed by atoms with E-state index < -0.39 is 11.6 Å². The second-order valence-corrected chi connectivity index (χ2v) is 9.87. The first-order valence-corrected chi connectivity index (χ1v) is 12.8. The topological polar surface area (TPSA) is 37.6 Å². The number of rotatable bonds is 5. The lowest BCUT2D eigenvalue weighted by atomic mass is 9.91. The Morgan fingerprint density at radius 3 is 2.11 bits per heavy atom. The lowest BCUT2D eigenvalue weighted by Crippen LogP contribution is -2.48. The smallest absolute Gasteiger partial charge is 0.326 e. The summed E-state index contributed by atoms with van der Waals surface area (Å²) in [5.41, 5.74) is 3.27. The highest BCUT2D eigenvalue weighted by Gasteiger charge is 2.69. The molecule has 38 heavy (non-hydrogen) atoms. The molecule has 1 unspecified atom stereocenters. The van der Waals surface area contributed by atoms with E-state index in [2.05, 4.69) is 0 Å². The van der Waals surface area contributed by atoms with Crippen molar-refractivity contribution in [3.8, 4) is 22.3 Å². The highest BCUT2D eigenvalue weighted by atomic mass is 19.3. The van der Waals surface area contributed by atoms with E-state index in [-0.39, 0.29) is 18.8 Å². The van der Waals surface area contributed by atoms with Crippen molar-refractivity contribution in [2.24, 2.45) is 0 Å². The van der Waals surface area contributed by atoms with Gasteiger partial charge in [0.05, 0.1) is 18.8 Å². The Hall–Kier alpha value is -4.00. The predicted octanol–water partition coefficient (Wildman–Crippen LogP) is 6.76. The SMILES string of the molecule is OCCn1cc(C23OCCN2c2ccc(-c4ccccc4)cc2C3(F)F)c2cc(-c3ccccc3)ccc21. The fraction of sp³-hybridized carbons (Fsp3) is 0.188. The maximum Gasteiger partial charge on any atom is 0.326 e. The quantitative estimate of drug-likeness (QED) is 0.285. The molecule has 5 aromatic rings. The minimum absolute atomic E-state index is 0.0270. The maximum absolute atomic E-state index is 16.9. The first-order chi connectivity index (χ1) is 18.5. The average Bonchev–Trinajstić information content (AvgIpc) is 3.61. The summed E-state index contributed by atoms with van der Waals surface area (Å²) < 4.78 is 41.7. The third-order valence-electron chi connectivity index (χ3n) is 7.86. The van der Waals surface area contributed by atoms with Crippen molar-refractivity contribution < 1.29 is 18.6 Å². The van der Waals surface area contributed by atoms with Crippen LogP contribution in [-0.2, 0) is 22.9 Å². The van der Waals surface area contributed by atoms with E-state index in [0.29, 0.717) is 29.7 Å². The minimum atomic E-state index is -3.31. The van der Waals surface area contributed by atoms with E-state index in [1.54, 1.807) is 23.2 Å². The van der Waals surface area contributed by atoms with Crippen LogP contribution in [0.4, 0.5) is 14.5 Å². The molecule has 2 aliphatic heterocycles. The van der Waals surface area contributed by atoms with Crippen molar-refractivity contribution in [3.63, 3.8) is 0 Å². The Balaban J connectivity index is 1.45. The molecule has 0 aliphatic carbocycles. The monoisotopic (exact) mass is 508 g/mol. The van der Waals surface area contributed by atoms with Crippen LogP contribution in [0.25, 0.3) is 33.2 Å². The molecule has 0 saturated carbocycles. The van der Waals surface area contributed by atoms with Gasteiger partial charge < -0.3 is 19.3 Å². The lowest BCUT2D eigenvalue weighted by molar-refractivity contribution is -0.189. The van der Waals surface area contributed by atoms with Crippen LogP contribution in [-0.4, -0.2) is 29.4 Å². The number of aliphatic hydroxyl groups is 1. The molecule has 1 N–H and O–H groups in total. The van der Waals surface area contributed by atoms with Gasteiger partial charge in [-0.05, 0) is 46.5 Å². The molecular formula is C32H26F2N2O2. The molecule has 1 fully saturated rings. The largest absolute Gasteiger partial charge is 0.395 e. The summed E-state index contributed by atoms with van der Waals surface area (Å²) >= 11 is 0. The highest BCUT2D eigenvalue weighted by molar-refractivity contribution is 5.91. The Bertz CT molecular complexity index is 1650. The molecule has 4 aromatic carbocycles. The third-order valence-corrected chi connectivity index (χ3v) is 7.86. The molecule has 1 atom stereocenters. The summed E-state index contributed by atoms with van der Waals surface area (Å²) in [6, 6.07) is 30.7. The number of alkyl halides is 2. The van der Waals surface area contributed by atoms with Gasteiger partial charge in [0, 0.05) is 41.4 Å². The number of halogens is 2. The van der Waals surface area contributed by atoms with Gasteiger partial charge in [0.15, 0.2) is 0 Å². The number of ether oxygens (including phenoxy) is 1. The fourth-order valence-corrected chi connectivity index (χ4v) is 6.15. The summed E-state index contributed by atoms with van der Waals surface area (Å²) in [6.07, 6.45) is 1.74. The van der Waals surface area contributed by atoms with E-state index in [9.17, 15) is 5.11 Å². The first kappa shape index (κ1) is 23.1. The van der Waals surface area contributed by atoms with Crippen LogP contribution in [0, 0.1) is 0 Å². The molecule has 1 saturated heterocycles. The maximum atomic E-state index is 16.9. The van der Waals surface area contributed by atoms with Crippen LogP contribution >= 0.6 is 0 Å². The molecule has 2 aliphatic rings. The van der Waals surface area contributed by atoms with Gasteiger partial charge in [-0.15, -0.1) is 0 Å². The standard InChI is InChI=1S/C32H26F2N2O2/c33-31(34)27-20-25(23-9-5-2-6-10-23)12-14-30(27)36-16-18-38-32(31,36)28-21-35(15-17-37)29-13-11-24(19-26(28)29)22-7-3-1-4-8-22/h1-14,19-21,37H,15-18H2. The van der Waals surface area contributed by atoms with E-state index >= 15 is 8.78 Å². The van der Waals surface area contributed by atoms with Crippen LogP contribution in [0.2, 0.25) is 0 Å². The van der Waals surface area contributed by atoms with Gasteiger partial charge in [0.2, 0.25) is 5.72 Å². The van der Waals surface area contributed by atoms with Crippen molar-refractivity contribution in [3.05, 3.63) is 114 Å². The van der Waals surface area contributed by atoms with Crippen molar-refractivity contribution in [2.45, 2.75) is 18.2 Å². The average molecular weight is 509 g/mol. The van der Waals surface area contributed by atoms with Crippen molar-refractivity contribution in [1.29, 1.82) is 0 Å². The van der Waals surface area contributed by atoms with Crippen molar-refractivity contribution in [2.75, 3.05) is 24.7 Å². The fourth-order valence-electron chi connectivity index (χ4n) is 6.15. The van der Waals surface area contributed by atoms with Crippen LogP contribution < -0.4 is 4.90 Å². The second kappa shape index (κ2) is 8.51. The molecule has 0 radical (unpaired) electrons. The molecule has 0 amide bonds. The third kappa shape index (κ3) is 3.14. The van der Waals surface area contributed by atoms with Crippen LogP contribution in [0.1, 0.15) is 11.1 Å². The van der Waals surface area contributed by atoms with E-state index in [1.807, 2.05) is 89.5 Å². The zero-order chi connectivity index (χ0) is 25.9. The highest BCUT2D eigenvalue weighted by Crippen LogP contribution is 2.62. The Labute approximate surface area is 219 Å². The summed E-state index contributed by atoms with van der Waals surface area (Å²) in [7, 11) is 0. The molecule has 6 heteroatoms. The van der Waals surface area contributed by atoms with Gasteiger partial charge in [-0.3, -0.25) is 0 Å². The van der Waals surface area contributed by atoms with Crippen LogP contribution in [0.3, 0.4) is 0 Å². The molecule has 1 aromatic heterocycles. The van der Waals surface area contributed by atoms with Gasteiger partial charge in [-0.1, -0.05) is 72.8 Å². The van der Waals surface area contributed by atoms with E-state index in [4.69, 9.17) is 4.74 Å². The molecular weight excluding hydrogens is 482 g/mol. The molecule has 0 bridgehead atoms. The van der Waals surface area contributed by atoms with Crippen molar-refractivity contribution >= 4 is 16.6 Å². The Morgan fingerprint density at radius 1 is 0.763 bits per heavy atom. The number of aromatic nitrogens is 1. The predicted molar refractivity (Wildman–Crippen MR) is 145 cm³/mol. The molecule has 3 heterocycles. The normalized spacial score (nSPS) is 19.6. The number of nitrogens with zero attached hydrogens (tertiary/aromatic N) is 2. The Kier molecular flexibility index (Phi) is 5.18. The zero-order valence-electron chi connectivity index (χ0n) is 20.6. The summed E-state index contributed by atoms with van der Waals surface area (Å²) in [4.78, 5) is 1.73. The Morgan fingerprint density at radius 2 is 1.42 bits per heavy atom. The number of benzene rings is 4. The number of fused-ring (bicyclic) bond motifs is 4. The van der Waals surface area contributed by atoms with Gasteiger partial charge >= 0.3 is 5.92 Å². The number of aliphatic hydroxyl groups excluding tert-OH is 1. The van der Waals surface area contributed by atoms with Gasteiger partial charge in [0.1, 0.15) is 0 Å². The van der Waals surface area contributed by atoms with Crippen molar-refractivity contribution in [1.82, 2.24) is 4.57 Å². The zero-order valence-corrected chi connectivity index (χ0v) is 20.6. The van der Waals surface area contributed by atoms with Crippen LogP contribution in [0.5, 0.6) is 0 Å². The second-order valence-electron chi connectivity index (χ2n) is 9.87. The molecule has 4 nitrogen and oxygen atoms in total. The molecule has 7 rings (SSSR count). The van der Waals surface area contributed by atoms with Gasteiger partial charge in [-0.25, -0.2) is 0 Å². The van der Waals surface area contributed by atoms with E-state index in [1.165, 1.54) is 0 Å². The first-order valence-electron chi connectivity index (χ1n) is 12.8. The van der Waals surface area contributed by atoms with Gasteiger partial charge in [0.25, 0.3) is 0 Å². The van der Waals surface area contributed by atoms with Gasteiger partial charge in [-0.2, -0.15) is 8.78 Å². The molecule has 190 valence electrons. The number of hydrogen-bond acceptors (Lipinski definition) is 3. The van der Waals surface area contributed by atoms with E-state index in [0.717, 1.165) is 27.8 Å². The lowest BCUT2D eigenvalue weighted by Gasteiger charge is -2.36. The number of hydrogen-bond donors (Lipinski definition) is 1. The summed E-state index contributed by atoms with van der Waals surface area (Å²) in [5.74, 6) is -3.31. The summed E-state index contributed by atoms with van der Waals surface area (Å²) in [5, 5.41) is 10.4.